The van der Waals surface area contributed by atoms with Gasteiger partial charge in [-0.15, -0.1) is 11.3 Å². The summed E-state index contributed by atoms with van der Waals surface area (Å²) in [7, 11) is 0. The van der Waals surface area contributed by atoms with Crippen LogP contribution in [-0.4, -0.2) is 34.8 Å². The van der Waals surface area contributed by atoms with E-state index >= 15 is 0 Å². The molecule has 0 saturated carbocycles. The first kappa shape index (κ1) is 21.1. The van der Waals surface area contributed by atoms with Gasteiger partial charge in [0.25, 0.3) is 0 Å². The second-order valence-corrected chi connectivity index (χ2v) is 9.00. The lowest BCUT2D eigenvalue weighted by molar-refractivity contribution is -0.135. The fourth-order valence-corrected chi connectivity index (χ4v) is 4.95. The molecule has 0 aliphatic carbocycles. The molecule has 1 aromatic heterocycles. The van der Waals surface area contributed by atoms with Crippen LogP contribution in [0.3, 0.4) is 0 Å². The van der Waals surface area contributed by atoms with Crippen LogP contribution in [0.2, 0.25) is 0 Å². The number of likely N-dealkylation sites (tertiary alicyclic amines) is 1. The van der Waals surface area contributed by atoms with Crippen LogP contribution >= 0.6 is 11.3 Å². The van der Waals surface area contributed by atoms with Crippen molar-refractivity contribution in [2.45, 2.75) is 71.5 Å². The molecule has 0 N–H and O–H groups in total. The predicted octanol–water partition coefficient (Wildman–Crippen LogP) is 5.63. The standard InChI is InChI=1S/C24H34N2OS/c1-3-4-6-11-24(27)26(19-23-20(2)14-17-28-23)22-12-15-25(16-13-22)18-21-9-7-5-8-10-21/h5,7-10,14,17,22H,3-4,6,11-13,15-16,18-19H2,1-2H3. The number of unbranched alkanes of at least 4 members (excludes halogenated alkanes) is 2. The summed E-state index contributed by atoms with van der Waals surface area (Å²) in [6.45, 7) is 8.30. The third-order valence-corrected chi connectivity index (χ3v) is 6.85. The second-order valence-electron chi connectivity index (χ2n) is 8.00. The molecule has 0 unspecified atom stereocenters. The summed E-state index contributed by atoms with van der Waals surface area (Å²) in [5, 5.41) is 2.15. The molecule has 1 aliphatic heterocycles. The van der Waals surface area contributed by atoms with Crippen LogP contribution in [0.5, 0.6) is 0 Å². The molecule has 2 aromatic rings. The minimum absolute atomic E-state index is 0.350. The topological polar surface area (TPSA) is 23.6 Å². The third kappa shape index (κ3) is 5.92. The monoisotopic (exact) mass is 398 g/mol. The first-order valence-corrected chi connectivity index (χ1v) is 11.6. The Morgan fingerprint density at radius 1 is 1.14 bits per heavy atom. The molecule has 152 valence electrons. The van der Waals surface area contributed by atoms with Gasteiger partial charge in [0.15, 0.2) is 0 Å². The van der Waals surface area contributed by atoms with Crippen LogP contribution < -0.4 is 0 Å². The summed E-state index contributed by atoms with van der Waals surface area (Å²) in [6, 6.07) is 13.3. The molecule has 0 spiro atoms. The van der Waals surface area contributed by atoms with Gasteiger partial charge in [-0.3, -0.25) is 9.69 Å². The van der Waals surface area contributed by atoms with Gasteiger partial charge in [0, 0.05) is 37.0 Å². The van der Waals surface area contributed by atoms with Crippen LogP contribution in [0, 0.1) is 6.92 Å². The van der Waals surface area contributed by atoms with Gasteiger partial charge in [0.05, 0.1) is 6.54 Å². The number of amides is 1. The van der Waals surface area contributed by atoms with Crippen LogP contribution in [0.1, 0.15) is 61.5 Å². The van der Waals surface area contributed by atoms with E-state index in [1.165, 1.54) is 16.0 Å². The quantitative estimate of drug-likeness (QED) is 0.511. The molecule has 0 radical (unpaired) electrons. The van der Waals surface area contributed by atoms with E-state index < -0.39 is 0 Å². The molecule has 1 amide bonds. The van der Waals surface area contributed by atoms with E-state index in [0.717, 1.165) is 58.3 Å². The van der Waals surface area contributed by atoms with E-state index in [-0.39, 0.29) is 0 Å². The van der Waals surface area contributed by atoms with Crippen molar-refractivity contribution in [3.05, 3.63) is 57.8 Å². The normalized spacial score (nSPS) is 15.6. The minimum atomic E-state index is 0.350. The lowest BCUT2D eigenvalue weighted by atomic mass is 10.0. The molecule has 1 aromatic carbocycles. The van der Waals surface area contributed by atoms with Gasteiger partial charge < -0.3 is 4.90 Å². The molecule has 28 heavy (non-hydrogen) atoms. The Hall–Kier alpha value is -1.65. The number of aryl methyl sites for hydroxylation is 1. The summed E-state index contributed by atoms with van der Waals surface area (Å²) in [4.78, 5) is 19.1. The SMILES string of the molecule is CCCCCC(=O)N(Cc1sccc1C)C1CCN(Cc2ccccc2)CC1. The zero-order valence-corrected chi connectivity index (χ0v) is 18.2. The molecule has 3 rings (SSSR count). The first-order valence-electron chi connectivity index (χ1n) is 10.8. The molecule has 4 heteroatoms. The number of thiophene rings is 1. The number of hydrogen-bond acceptors (Lipinski definition) is 3. The lowest BCUT2D eigenvalue weighted by Gasteiger charge is -2.38. The zero-order valence-electron chi connectivity index (χ0n) is 17.4. The average Bonchev–Trinajstić information content (AvgIpc) is 3.12. The van der Waals surface area contributed by atoms with Crippen molar-refractivity contribution in [2.24, 2.45) is 0 Å². The highest BCUT2D eigenvalue weighted by molar-refractivity contribution is 7.10. The number of carbonyl (C=O) groups is 1. The van der Waals surface area contributed by atoms with Crippen molar-refractivity contribution in [1.82, 2.24) is 9.80 Å². The van der Waals surface area contributed by atoms with Crippen molar-refractivity contribution in [1.29, 1.82) is 0 Å². The number of nitrogens with zero attached hydrogens (tertiary/aromatic N) is 2. The second kappa shape index (κ2) is 10.8. The van der Waals surface area contributed by atoms with Crippen molar-refractivity contribution in [3.63, 3.8) is 0 Å². The van der Waals surface area contributed by atoms with Crippen LogP contribution in [0.25, 0.3) is 0 Å². The van der Waals surface area contributed by atoms with Gasteiger partial charge in [-0.25, -0.2) is 0 Å². The van der Waals surface area contributed by atoms with Gasteiger partial charge in [0.1, 0.15) is 0 Å². The first-order chi connectivity index (χ1) is 13.7. The Morgan fingerprint density at radius 2 is 1.89 bits per heavy atom. The molecule has 0 atom stereocenters. The van der Waals surface area contributed by atoms with Gasteiger partial charge in [0.2, 0.25) is 5.91 Å². The van der Waals surface area contributed by atoms with Gasteiger partial charge >= 0.3 is 0 Å². The maximum absolute atomic E-state index is 13.0. The van der Waals surface area contributed by atoms with Crippen molar-refractivity contribution in [3.8, 4) is 0 Å². The van der Waals surface area contributed by atoms with E-state index in [1.54, 1.807) is 11.3 Å². The van der Waals surface area contributed by atoms with Crippen molar-refractivity contribution < 1.29 is 4.79 Å². The Bertz CT molecular complexity index is 719. The minimum Gasteiger partial charge on any atom is -0.334 e. The molecular formula is C24H34N2OS. The zero-order chi connectivity index (χ0) is 19.8. The number of benzene rings is 1. The third-order valence-electron chi connectivity index (χ3n) is 5.84. The van der Waals surface area contributed by atoms with E-state index in [2.05, 4.69) is 65.4 Å². The number of hydrogen-bond donors (Lipinski definition) is 0. The highest BCUT2D eigenvalue weighted by atomic mass is 32.1. The number of carbonyl (C=O) groups excluding carboxylic acids is 1. The fourth-order valence-electron chi connectivity index (χ4n) is 4.04. The maximum atomic E-state index is 13.0. The highest BCUT2D eigenvalue weighted by Crippen LogP contribution is 2.25. The number of piperidine rings is 1. The predicted molar refractivity (Wildman–Crippen MR) is 118 cm³/mol. The lowest BCUT2D eigenvalue weighted by Crippen LogP contribution is -2.46. The number of rotatable bonds is 9. The van der Waals surface area contributed by atoms with E-state index in [4.69, 9.17) is 0 Å². The largest absolute Gasteiger partial charge is 0.334 e. The molecule has 2 heterocycles. The summed E-state index contributed by atoms with van der Waals surface area (Å²) in [5.41, 5.74) is 2.69. The van der Waals surface area contributed by atoms with Crippen molar-refractivity contribution >= 4 is 17.2 Å². The summed E-state index contributed by atoms with van der Waals surface area (Å²) >= 11 is 1.79. The highest BCUT2D eigenvalue weighted by Gasteiger charge is 2.28. The Morgan fingerprint density at radius 3 is 2.54 bits per heavy atom. The molecule has 1 fully saturated rings. The molecule has 0 bridgehead atoms. The van der Waals surface area contributed by atoms with E-state index in [0.29, 0.717) is 18.4 Å². The summed E-state index contributed by atoms with van der Waals surface area (Å²) in [5.74, 6) is 0.350. The van der Waals surface area contributed by atoms with Crippen LogP contribution in [0.4, 0.5) is 0 Å². The Kier molecular flexibility index (Phi) is 8.11. The summed E-state index contributed by atoms with van der Waals surface area (Å²) < 4.78 is 0. The van der Waals surface area contributed by atoms with Gasteiger partial charge in [-0.2, -0.15) is 0 Å². The molecule has 1 saturated heterocycles. The fraction of sp³-hybridized carbons (Fsp3) is 0.542. The van der Waals surface area contributed by atoms with Crippen LogP contribution in [0.15, 0.2) is 41.8 Å². The molecule has 3 nitrogen and oxygen atoms in total. The van der Waals surface area contributed by atoms with Gasteiger partial charge in [-0.1, -0.05) is 50.1 Å². The summed E-state index contributed by atoms with van der Waals surface area (Å²) in [6.07, 6.45) is 6.18. The molecule has 1 aliphatic rings. The van der Waals surface area contributed by atoms with E-state index in [1.807, 2.05) is 0 Å². The smallest absolute Gasteiger partial charge is 0.223 e. The van der Waals surface area contributed by atoms with Crippen molar-refractivity contribution in [2.75, 3.05) is 13.1 Å². The van der Waals surface area contributed by atoms with Crippen LogP contribution in [-0.2, 0) is 17.9 Å². The van der Waals surface area contributed by atoms with Gasteiger partial charge in [-0.05, 0) is 48.8 Å². The Balaban J connectivity index is 1.60. The average molecular weight is 399 g/mol. The maximum Gasteiger partial charge on any atom is 0.223 e. The molecular weight excluding hydrogens is 364 g/mol. The van der Waals surface area contributed by atoms with E-state index in [9.17, 15) is 4.79 Å². The Labute approximate surface area is 174 Å².